The molecule has 0 fully saturated rings. The molecule has 1 atom stereocenters. The van der Waals surface area contributed by atoms with Crippen LogP contribution < -0.4 is 5.73 Å². The van der Waals surface area contributed by atoms with Gasteiger partial charge in [0.05, 0.1) is 0 Å². The molecule has 0 saturated carbocycles. The van der Waals surface area contributed by atoms with Crippen molar-refractivity contribution < 1.29 is 0 Å². The van der Waals surface area contributed by atoms with Crippen LogP contribution in [-0.4, -0.2) is 31.6 Å². The molecule has 0 saturated heterocycles. The Morgan fingerprint density at radius 1 is 1.60 bits per heavy atom. The number of nitrogens with two attached hydrogens (primary N) is 1. The zero-order valence-corrected chi connectivity index (χ0v) is 11.8. The molecule has 1 aromatic heterocycles. The Kier molecular flexibility index (Phi) is 5.82. The van der Waals surface area contributed by atoms with Gasteiger partial charge in [-0.1, -0.05) is 6.92 Å². The third-order valence-corrected chi connectivity index (χ3v) is 4.14. The standard InChI is InChI=1S/C11H19BrN2S/c1-9(6-13)7-14(2)4-3-11-5-10(12)8-15-11/h5,8-9H,3-4,6-7,13H2,1-2H3. The number of likely N-dealkylation sites (N-methyl/N-ethyl adjacent to an activating group) is 1. The van der Waals surface area contributed by atoms with Gasteiger partial charge in [-0.15, -0.1) is 11.3 Å². The van der Waals surface area contributed by atoms with Gasteiger partial charge in [0.1, 0.15) is 0 Å². The Morgan fingerprint density at radius 3 is 2.87 bits per heavy atom. The highest BCUT2D eigenvalue weighted by Crippen LogP contribution is 2.20. The van der Waals surface area contributed by atoms with Crippen LogP contribution in [0.1, 0.15) is 11.8 Å². The van der Waals surface area contributed by atoms with Gasteiger partial charge >= 0.3 is 0 Å². The molecule has 4 heteroatoms. The zero-order chi connectivity index (χ0) is 11.3. The maximum atomic E-state index is 5.60. The summed E-state index contributed by atoms with van der Waals surface area (Å²) in [4.78, 5) is 3.79. The molecule has 0 aliphatic heterocycles. The van der Waals surface area contributed by atoms with Gasteiger partial charge in [0.2, 0.25) is 0 Å². The molecule has 1 aromatic rings. The van der Waals surface area contributed by atoms with Gasteiger partial charge in [-0.2, -0.15) is 0 Å². The molecule has 1 unspecified atom stereocenters. The molecule has 2 N–H and O–H groups in total. The SMILES string of the molecule is CC(CN)CN(C)CCc1cc(Br)cs1. The lowest BCUT2D eigenvalue weighted by molar-refractivity contribution is 0.293. The van der Waals surface area contributed by atoms with Crippen molar-refractivity contribution >= 4 is 27.3 Å². The van der Waals surface area contributed by atoms with E-state index in [1.807, 2.05) is 11.3 Å². The van der Waals surface area contributed by atoms with E-state index in [1.54, 1.807) is 0 Å². The van der Waals surface area contributed by atoms with Crippen molar-refractivity contribution in [2.24, 2.45) is 11.7 Å². The van der Waals surface area contributed by atoms with Crippen LogP contribution in [0.15, 0.2) is 15.9 Å². The lowest BCUT2D eigenvalue weighted by atomic mass is 10.2. The van der Waals surface area contributed by atoms with Crippen molar-refractivity contribution in [1.82, 2.24) is 4.90 Å². The molecule has 1 rings (SSSR count). The maximum Gasteiger partial charge on any atom is 0.0285 e. The fraction of sp³-hybridized carbons (Fsp3) is 0.636. The summed E-state index contributed by atoms with van der Waals surface area (Å²) in [5, 5.41) is 2.14. The van der Waals surface area contributed by atoms with Gasteiger partial charge in [0.15, 0.2) is 0 Å². The first-order chi connectivity index (χ1) is 7.11. The Bertz CT molecular complexity index is 288. The van der Waals surface area contributed by atoms with E-state index >= 15 is 0 Å². The van der Waals surface area contributed by atoms with Crippen molar-refractivity contribution in [2.45, 2.75) is 13.3 Å². The van der Waals surface area contributed by atoms with Crippen molar-refractivity contribution in [2.75, 3.05) is 26.7 Å². The minimum Gasteiger partial charge on any atom is -0.330 e. The second kappa shape index (κ2) is 6.63. The minimum atomic E-state index is 0.588. The Labute approximate surface area is 105 Å². The summed E-state index contributed by atoms with van der Waals surface area (Å²) in [5.74, 6) is 0.588. The first-order valence-electron chi connectivity index (χ1n) is 5.23. The quantitative estimate of drug-likeness (QED) is 0.873. The number of thiophene rings is 1. The van der Waals surface area contributed by atoms with Crippen LogP contribution in [0.25, 0.3) is 0 Å². The number of nitrogens with zero attached hydrogens (tertiary/aromatic N) is 1. The summed E-state index contributed by atoms with van der Waals surface area (Å²) in [7, 11) is 2.16. The van der Waals surface area contributed by atoms with Gasteiger partial charge in [0, 0.05) is 27.8 Å². The Hall–Kier alpha value is 0.1000. The van der Waals surface area contributed by atoms with E-state index in [9.17, 15) is 0 Å². The largest absolute Gasteiger partial charge is 0.330 e. The summed E-state index contributed by atoms with van der Waals surface area (Å²) in [6.45, 7) is 5.16. The Morgan fingerprint density at radius 2 is 2.33 bits per heavy atom. The highest BCUT2D eigenvalue weighted by Gasteiger charge is 2.05. The monoisotopic (exact) mass is 290 g/mol. The van der Waals surface area contributed by atoms with Gasteiger partial charge in [0.25, 0.3) is 0 Å². The van der Waals surface area contributed by atoms with E-state index in [2.05, 4.69) is 46.2 Å². The van der Waals surface area contributed by atoms with Crippen LogP contribution in [0.5, 0.6) is 0 Å². The molecule has 2 nitrogen and oxygen atoms in total. The van der Waals surface area contributed by atoms with Gasteiger partial charge < -0.3 is 10.6 Å². The van der Waals surface area contributed by atoms with Crippen molar-refractivity contribution in [3.63, 3.8) is 0 Å². The topological polar surface area (TPSA) is 29.3 Å². The molecule has 0 radical (unpaired) electrons. The minimum absolute atomic E-state index is 0.588. The molecule has 0 bridgehead atoms. The summed E-state index contributed by atoms with van der Waals surface area (Å²) >= 11 is 5.29. The van der Waals surface area contributed by atoms with Crippen LogP contribution in [0.3, 0.4) is 0 Å². The molecule has 0 spiro atoms. The number of hydrogen-bond donors (Lipinski definition) is 1. The molecular formula is C11H19BrN2S. The first kappa shape index (κ1) is 13.2. The van der Waals surface area contributed by atoms with Gasteiger partial charge in [-0.25, -0.2) is 0 Å². The molecule has 15 heavy (non-hydrogen) atoms. The van der Waals surface area contributed by atoms with Crippen LogP contribution in [0.2, 0.25) is 0 Å². The van der Waals surface area contributed by atoms with Gasteiger partial charge in [-0.3, -0.25) is 0 Å². The molecule has 0 aliphatic carbocycles. The lowest BCUT2D eigenvalue weighted by Gasteiger charge is -2.19. The molecule has 0 aromatic carbocycles. The predicted octanol–water partition coefficient (Wildman–Crippen LogP) is 2.58. The number of hydrogen-bond acceptors (Lipinski definition) is 3. The number of halogens is 1. The molecule has 86 valence electrons. The van der Waals surface area contributed by atoms with E-state index in [-0.39, 0.29) is 0 Å². The van der Waals surface area contributed by atoms with E-state index in [1.165, 1.54) is 9.35 Å². The number of rotatable bonds is 6. The van der Waals surface area contributed by atoms with Crippen LogP contribution in [-0.2, 0) is 6.42 Å². The normalized spacial score (nSPS) is 13.4. The molecule has 1 heterocycles. The molecule has 0 amide bonds. The second-order valence-electron chi connectivity index (χ2n) is 4.08. The summed E-state index contributed by atoms with van der Waals surface area (Å²) < 4.78 is 1.19. The van der Waals surface area contributed by atoms with E-state index in [4.69, 9.17) is 5.73 Å². The smallest absolute Gasteiger partial charge is 0.0285 e. The lowest BCUT2D eigenvalue weighted by Crippen LogP contribution is -2.29. The zero-order valence-electron chi connectivity index (χ0n) is 9.37. The van der Waals surface area contributed by atoms with E-state index in [0.29, 0.717) is 5.92 Å². The highest BCUT2D eigenvalue weighted by atomic mass is 79.9. The van der Waals surface area contributed by atoms with Crippen LogP contribution in [0.4, 0.5) is 0 Å². The van der Waals surface area contributed by atoms with Crippen LogP contribution >= 0.6 is 27.3 Å². The predicted molar refractivity (Wildman–Crippen MR) is 71.4 cm³/mol. The molecular weight excluding hydrogens is 272 g/mol. The summed E-state index contributed by atoms with van der Waals surface area (Å²) in [6, 6.07) is 2.20. The maximum absolute atomic E-state index is 5.60. The summed E-state index contributed by atoms with van der Waals surface area (Å²) in [5.41, 5.74) is 5.60. The van der Waals surface area contributed by atoms with Crippen molar-refractivity contribution in [1.29, 1.82) is 0 Å². The summed E-state index contributed by atoms with van der Waals surface area (Å²) in [6.07, 6.45) is 1.13. The van der Waals surface area contributed by atoms with Crippen molar-refractivity contribution in [3.8, 4) is 0 Å². The van der Waals surface area contributed by atoms with Gasteiger partial charge in [-0.05, 0) is 47.9 Å². The average molecular weight is 291 g/mol. The van der Waals surface area contributed by atoms with E-state index in [0.717, 1.165) is 26.1 Å². The van der Waals surface area contributed by atoms with Crippen LogP contribution in [0, 0.1) is 5.92 Å². The first-order valence-corrected chi connectivity index (χ1v) is 6.90. The van der Waals surface area contributed by atoms with E-state index < -0.39 is 0 Å². The third-order valence-electron chi connectivity index (χ3n) is 2.39. The fourth-order valence-corrected chi connectivity index (χ4v) is 2.93. The Balaban J connectivity index is 2.25. The second-order valence-corrected chi connectivity index (χ2v) is 6.00. The average Bonchev–Trinajstić information content (AvgIpc) is 2.61. The highest BCUT2D eigenvalue weighted by molar-refractivity contribution is 9.10. The fourth-order valence-electron chi connectivity index (χ4n) is 1.48. The van der Waals surface area contributed by atoms with Crippen molar-refractivity contribution in [3.05, 3.63) is 20.8 Å². The molecule has 0 aliphatic rings. The third kappa shape index (κ3) is 5.11.